The molecule has 0 unspecified atom stereocenters. The average Bonchev–Trinajstić information content (AvgIpc) is 3.24. The molecule has 29 heavy (non-hydrogen) atoms. The zero-order chi connectivity index (χ0) is 19.8. The summed E-state index contributed by atoms with van der Waals surface area (Å²) in [6.07, 6.45) is 0. The average molecular weight is 404 g/mol. The number of thiazole rings is 1. The van der Waals surface area contributed by atoms with Crippen LogP contribution in [0.25, 0.3) is 32.8 Å². The SMILES string of the molecule is CN1CCN(c2ccc3cc(-c4nc(-c5ccccc5)cs4)c(=O)oc3c2)CC1. The summed E-state index contributed by atoms with van der Waals surface area (Å²) in [5.41, 5.74) is 3.80. The van der Waals surface area contributed by atoms with Crippen LogP contribution in [0.2, 0.25) is 0 Å². The van der Waals surface area contributed by atoms with Crippen LogP contribution in [-0.2, 0) is 0 Å². The third-order valence-corrected chi connectivity index (χ3v) is 6.27. The fourth-order valence-corrected chi connectivity index (χ4v) is 4.48. The summed E-state index contributed by atoms with van der Waals surface area (Å²) in [4.78, 5) is 22.0. The van der Waals surface area contributed by atoms with E-state index in [9.17, 15) is 4.79 Å². The number of hydrogen-bond donors (Lipinski definition) is 0. The van der Waals surface area contributed by atoms with Crippen LogP contribution in [-0.4, -0.2) is 43.1 Å². The van der Waals surface area contributed by atoms with E-state index < -0.39 is 0 Å². The zero-order valence-corrected chi connectivity index (χ0v) is 17.0. The van der Waals surface area contributed by atoms with Crippen molar-refractivity contribution in [3.8, 4) is 21.8 Å². The molecule has 6 heteroatoms. The summed E-state index contributed by atoms with van der Waals surface area (Å²) >= 11 is 1.46. The molecule has 1 saturated heterocycles. The monoisotopic (exact) mass is 403 g/mol. The highest BCUT2D eigenvalue weighted by molar-refractivity contribution is 7.13. The Morgan fingerprint density at radius 3 is 2.59 bits per heavy atom. The van der Waals surface area contributed by atoms with Gasteiger partial charge >= 0.3 is 5.63 Å². The van der Waals surface area contributed by atoms with Crippen molar-refractivity contribution in [3.63, 3.8) is 0 Å². The number of nitrogens with zero attached hydrogens (tertiary/aromatic N) is 3. The maximum atomic E-state index is 12.7. The minimum absolute atomic E-state index is 0.345. The maximum Gasteiger partial charge on any atom is 0.346 e. The third-order valence-electron chi connectivity index (χ3n) is 5.39. The van der Waals surface area contributed by atoms with E-state index >= 15 is 0 Å². The summed E-state index contributed by atoms with van der Waals surface area (Å²) in [6.45, 7) is 4.03. The van der Waals surface area contributed by atoms with E-state index in [4.69, 9.17) is 4.42 Å². The van der Waals surface area contributed by atoms with Crippen LogP contribution in [0.1, 0.15) is 0 Å². The number of hydrogen-bond acceptors (Lipinski definition) is 6. The number of piperazine rings is 1. The van der Waals surface area contributed by atoms with Gasteiger partial charge in [-0.3, -0.25) is 0 Å². The van der Waals surface area contributed by atoms with Crippen molar-refractivity contribution in [2.45, 2.75) is 0 Å². The van der Waals surface area contributed by atoms with Gasteiger partial charge < -0.3 is 14.2 Å². The molecule has 0 atom stereocenters. The second-order valence-corrected chi connectivity index (χ2v) is 8.22. The van der Waals surface area contributed by atoms with E-state index in [0.29, 0.717) is 16.2 Å². The molecule has 0 radical (unpaired) electrons. The normalized spacial score (nSPS) is 15.1. The van der Waals surface area contributed by atoms with Gasteiger partial charge in [0.1, 0.15) is 10.6 Å². The Morgan fingerprint density at radius 2 is 1.79 bits per heavy atom. The fraction of sp³-hybridized carbons (Fsp3) is 0.217. The molecule has 3 heterocycles. The minimum atomic E-state index is -0.345. The number of rotatable bonds is 3. The molecule has 5 rings (SSSR count). The Kier molecular flexibility index (Phi) is 4.66. The first kappa shape index (κ1) is 18.1. The first-order valence-corrected chi connectivity index (χ1v) is 10.6. The first-order chi connectivity index (χ1) is 14.2. The van der Waals surface area contributed by atoms with E-state index in [2.05, 4.69) is 27.9 Å². The number of likely N-dealkylation sites (N-methyl/N-ethyl adjacent to an activating group) is 1. The van der Waals surface area contributed by atoms with Crippen molar-refractivity contribution in [2.75, 3.05) is 38.1 Å². The predicted octanol–water partition coefficient (Wildman–Crippen LogP) is 4.34. The summed E-state index contributed by atoms with van der Waals surface area (Å²) < 4.78 is 5.69. The minimum Gasteiger partial charge on any atom is -0.422 e. The van der Waals surface area contributed by atoms with E-state index in [1.165, 1.54) is 11.3 Å². The standard InChI is InChI=1S/C23H21N3O2S/c1-25-9-11-26(12-10-25)18-8-7-17-13-19(23(27)28-21(17)14-18)22-24-20(15-29-22)16-5-3-2-4-6-16/h2-8,13-15H,9-12H2,1H3. The van der Waals surface area contributed by atoms with Crippen molar-refractivity contribution in [1.29, 1.82) is 0 Å². The molecular formula is C23H21N3O2S. The van der Waals surface area contributed by atoms with Gasteiger partial charge in [0.15, 0.2) is 0 Å². The Hall–Kier alpha value is -2.96. The molecule has 2 aromatic carbocycles. The molecule has 0 N–H and O–H groups in total. The van der Waals surface area contributed by atoms with E-state index in [0.717, 1.165) is 48.5 Å². The molecule has 4 aromatic rings. The number of anilines is 1. The maximum absolute atomic E-state index is 12.7. The molecule has 146 valence electrons. The van der Waals surface area contributed by atoms with Gasteiger partial charge in [0.2, 0.25) is 0 Å². The summed E-state index contributed by atoms with van der Waals surface area (Å²) in [7, 11) is 2.14. The molecule has 0 saturated carbocycles. The van der Waals surface area contributed by atoms with Crippen LogP contribution in [0.4, 0.5) is 5.69 Å². The highest BCUT2D eigenvalue weighted by Crippen LogP contribution is 2.30. The third kappa shape index (κ3) is 3.57. The quantitative estimate of drug-likeness (QED) is 0.477. The van der Waals surface area contributed by atoms with Crippen LogP contribution in [0, 0.1) is 0 Å². The smallest absolute Gasteiger partial charge is 0.346 e. The lowest BCUT2D eigenvalue weighted by Gasteiger charge is -2.34. The summed E-state index contributed by atoms with van der Waals surface area (Å²) in [5, 5.41) is 3.57. The van der Waals surface area contributed by atoms with Crippen molar-refractivity contribution in [1.82, 2.24) is 9.88 Å². The lowest BCUT2D eigenvalue weighted by molar-refractivity contribution is 0.313. The molecule has 2 aromatic heterocycles. The highest BCUT2D eigenvalue weighted by atomic mass is 32.1. The Balaban J connectivity index is 1.48. The van der Waals surface area contributed by atoms with E-state index in [1.54, 1.807) is 0 Å². The number of benzene rings is 2. The van der Waals surface area contributed by atoms with Crippen molar-refractivity contribution >= 4 is 28.0 Å². The first-order valence-electron chi connectivity index (χ1n) is 9.70. The van der Waals surface area contributed by atoms with Gasteiger partial charge in [0.05, 0.1) is 11.3 Å². The second-order valence-electron chi connectivity index (χ2n) is 7.36. The van der Waals surface area contributed by atoms with Crippen LogP contribution in [0.15, 0.2) is 69.2 Å². The van der Waals surface area contributed by atoms with Crippen molar-refractivity contribution in [3.05, 3.63) is 70.4 Å². The molecule has 0 spiro atoms. The molecule has 0 amide bonds. The molecule has 5 nitrogen and oxygen atoms in total. The lowest BCUT2D eigenvalue weighted by Crippen LogP contribution is -2.44. The van der Waals surface area contributed by atoms with Gasteiger partial charge in [-0.2, -0.15) is 0 Å². The van der Waals surface area contributed by atoms with Gasteiger partial charge in [-0.05, 0) is 25.2 Å². The molecule has 1 aliphatic heterocycles. The molecule has 0 bridgehead atoms. The fourth-order valence-electron chi connectivity index (χ4n) is 3.65. The van der Waals surface area contributed by atoms with Crippen LogP contribution in [0.3, 0.4) is 0 Å². The van der Waals surface area contributed by atoms with Crippen molar-refractivity contribution in [2.24, 2.45) is 0 Å². The van der Waals surface area contributed by atoms with E-state index in [1.807, 2.05) is 53.9 Å². The van der Waals surface area contributed by atoms with Crippen LogP contribution < -0.4 is 10.5 Å². The van der Waals surface area contributed by atoms with Gasteiger partial charge in [-0.1, -0.05) is 30.3 Å². The largest absolute Gasteiger partial charge is 0.422 e. The Morgan fingerprint density at radius 1 is 1.00 bits per heavy atom. The molecule has 1 fully saturated rings. The van der Waals surface area contributed by atoms with Crippen LogP contribution >= 0.6 is 11.3 Å². The Labute approximate surface area is 172 Å². The topological polar surface area (TPSA) is 49.6 Å². The van der Waals surface area contributed by atoms with Crippen molar-refractivity contribution < 1.29 is 4.42 Å². The van der Waals surface area contributed by atoms with Crippen LogP contribution in [0.5, 0.6) is 0 Å². The molecule has 1 aliphatic rings. The number of aromatic nitrogens is 1. The predicted molar refractivity (Wildman–Crippen MR) is 119 cm³/mol. The number of fused-ring (bicyclic) bond motifs is 1. The lowest BCUT2D eigenvalue weighted by atomic mass is 10.1. The van der Waals surface area contributed by atoms with Gasteiger partial charge in [-0.25, -0.2) is 9.78 Å². The second kappa shape index (κ2) is 7.46. The highest BCUT2D eigenvalue weighted by Gasteiger charge is 2.17. The zero-order valence-electron chi connectivity index (χ0n) is 16.2. The van der Waals surface area contributed by atoms with E-state index in [-0.39, 0.29) is 5.63 Å². The summed E-state index contributed by atoms with van der Waals surface area (Å²) in [6, 6.07) is 18.0. The molecule has 0 aliphatic carbocycles. The molecular weight excluding hydrogens is 382 g/mol. The van der Waals surface area contributed by atoms with Gasteiger partial charge in [-0.15, -0.1) is 11.3 Å². The summed E-state index contributed by atoms with van der Waals surface area (Å²) in [5.74, 6) is 0. The van der Waals surface area contributed by atoms with Gasteiger partial charge in [0.25, 0.3) is 0 Å². The van der Waals surface area contributed by atoms with Gasteiger partial charge in [0, 0.05) is 54.3 Å². The Bertz CT molecular complexity index is 1210.